The summed E-state index contributed by atoms with van der Waals surface area (Å²) in [4.78, 5) is 4.21. The highest BCUT2D eigenvalue weighted by Crippen LogP contribution is 2.33. The molecule has 0 saturated carbocycles. The minimum atomic E-state index is -4.72. The topological polar surface area (TPSA) is 38.9 Å². The van der Waals surface area contributed by atoms with E-state index >= 15 is 0 Å². The first-order valence-corrected chi connectivity index (χ1v) is 6.68. The van der Waals surface area contributed by atoms with Gasteiger partial charge in [-0.25, -0.2) is 9.37 Å². The molecule has 0 bridgehead atoms. The van der Waals surface area contributed by atoms with Gasteiger partial charge in [0.15, 0.2) is 0 Å². The van der Waals surface area contributed by atoms with Crippen LogP contribution in [0.15, 0.2) is 23.6 Å². The fourth-order valence-corrected chi connectivity index (χ4v) is 2.62. The smallest absolute Gasteiger partial charge is 0.324 e. The zero-order chi connectivity index (χ0) is 14.9. The molecule has 0 saturated heterocycles. The third kappa shape index (κ3) is 3.34. The van der Waals surface area contributed by atoms with Gasteiger partial charge in [0.05, 0.1) is 10.6 Å². The number of aromatic nitrogens is 1. The SMILES string of the molecule is Cc1csc(CC(N)c2ccc(F)c(C(F)(F)F)c2)n1. The fraction of sp³-hybridized carbons (Fsp3) is 0.308. The van der Waals surface area contributed by atoms with Gasteiger partial charge in [0.1, 0.15) is 5.82 Å². The van der Waals surface area contributed by atoms with Crippen molar-refractivity contribution in [3.63, 3.8) is 0 Å². The highest BCUT2D eigenvalue weighted by molar-refractivity contribution is 7.09. The molecule has 0 aliphatic carbocycles. The van der Waals surface area contributed by atoms with E-state index < -0.39 is 23.6 Å². The second-order valence-electron chi connectivity index (χ2n) is 4.43. The van der Waals surface area contributed by atoms with E-state index in [0.29, 0.717) is 6.42 Å². The zero-order valence-corrected chi connectivity index (χ0v) is 11.4. The summed E-state index contributed by atoms with van der Waals surface area (Å²) in [6.45, 7) is 1.82. The molecule has 1 heterocycles. The summed E-state index contributed by atoms with van der Waals surface area (Å²) in [5.41, 5.74) is 5.67. The van der Waals surface area contributed by atoms with Crippen molar-refractivity contribution < 1.29 is 17.6 Å². The van der Waals surface area contributed by atoms with Crippen LogP contribution in [0.4, 0.5) is 17.6 Å². The molecule has 1 unspecified atom stereocenters. The van der Waals surface area contributed by atoms with Gasteiger partial charge >= 0.3 is 6.18 Å². The Bertz CT molecular complexity index is 607. The molecule has 108 valence electrons. The van der Waals surface area contributed by atoms with Crippen molar-refractivity contribution in [2.45, 2.75) is 25.6 Å². The molecule has 2 nitrogen and oxygen atoms in total. The van der Waals surface area contributed by atoms with Gasteiger partial charge < -0.3 is 5.73 Å². The Balaban J connectivity index is 2.24. The minimum Gasteiger partial charge on any atom is -0.324 e. The van der Waals surface area contributed by atoms with Crippen molar-refractivity contribution in [1.82, 2.24) is 4.98 Å². The number of rotatable bonds is 3. The lowest BCUT2D eigenvalue weighted by Gasteiger charge is -2.14. The van der Waals surface area contributed by atoms with Crippen molar-refractivity contribution in [2.75, 3.05) is 0 Å². The number of hydrogen-bond donors (Lipinski definition) is 1. The summed E-state index contributed by atoms with van der Waals surface area (Å²) in [6.07, 6.45) is -4.40. The predicted molar refractivity (Wildman–Crippen MR) is 68.9 cm³/mol. The Morgan fingerprint density at radius 1 is 1.35 bits per heavy atom. The van der Waals surface area contributed by atoms with Gasteiger partial charge in [-0.3, -0.25) is 0 Å². The van der Waals surface area contributed by atoms with Gasteiger partial charge in [0.25, 0.3) is 0 Å². The first-order chi connectivity index (χ1) is 9.27. The maximum atomic E-state index is 13.2. The fourth-order valence-electron chi connectivity index (χ4n) is 1.79. The Labute approximate surface area is 117 Å². The van der Waals surface area contributed by atoms with Crippen LogP contribution in [0.2, 0.25) is 0 Å². The van der Waals surface area contributed by atoms with Crippen LogP contribution in [0.3, 0.4) is 0 Å². The highest BCUT2D eigenvalue weighted by atomic mass is 32.1. The molecule has 1 aromatic carbocycles. The third-order valence-electron chi connectivity index (χ3n) is 2.79. The van der Waals surface area contributed by atoms with E-state index in [1.54, 1.807) is 0 Å². The normalized spacial score (nSPS) is 13.5. The van der Waals surface area contributed by atoms with E-state index in [2.05, 4.69) is 4.98 Å². The third-order valence-corrected chi connectivity index (χ3v) is 3.77. The summed E-state index contributed by atoms with van der Waals surface area (Å²) < 4.78 is 51.1. The molecule has 0 fully saturated rings. The van der Waals surface area contributed by atoms with Gasteiger partial charge in [-0.1, -0.05) is 6.07 Å². The van der Waals surface area contributed by atoms with Crippen molar-refractivity contribution in [1.29, 1.82) is 0 Å². The Hall–Kier alpha value is -1.47. The van der Waals surface area contributed by atoms with Gasteiger partial charge in [-0.15, -0.1) is 11.3 Å². The lowest BCUT2D eigenvalue weighted by molar-refractivity contribution is -0.140. The average molecular weight is 304 g/mol. The number of nitrogens with zero attached hydrogens (tertiary/aromatic N) is 1. The maximum absolute atomic E-state index is 13.2. The monoisotopic (exact) mass is 304 g/mol. The molecule has 0 amide bonds. The first-order valence-electron chi connectivity index (χ1n) is 5.80. The minimum absolute atomic E-state index is 0.242. The number of alkyl halides is 3. The summed E-state index contributed by atoms with van der Waals surface area (Å²) in [5, 5.41) is 2.58. The van der Waals surface area contributed by atoms with Crippen LogP contribution < -0.4 is 5.73 Å². The molecule has 1 aromatic heterocycles. The van der Waals surface area contributed by atoms with Crippen molar-refractivity contribution >= 4 is 11.3 Å². The Morgan fingerprint density at radius 3 is 2.60 bits per heavy atom. The van der Waals surface area contributed by atoms with E-state index in [9.17, 15) is 17.6 Å². The van der Waals surface area contributed by atoms with E-state index in [1.165, 1.54) is 17.4 Å². The quantitative estimate of drug-likeness (QED) is 0.875. The van der Waals surface area contributed by atoms with E-state index in [-0.39, 0.29) is 5.56 Å². The molecule has 2 aromatic rings. The number of nitrogens with two attached hydrogens (primary N) is 1. The molecule has 0 radical (unpaired) electrons. The molecule has 0 aliphatic heterocycles. The molecule has 0 aliphatic rings. The molecule has 7 heteroatoms. The molecule has 1 atom stereocenters. The predicted octanol–water partition coefficient (Wildman–Crippen LogP) is 3.85. The molecule has 20 heavy (non-hydrogen) atoms. The second-order valence-corrected chi connectivity index (χ2v) is 5.37. The van der Waals surface area contributed by atoms with Crippen molar-refractivity contribution in [2.24, 2.45) is 5.73 Å². The first kappa shape index (κ1) is 14.9. The van der Waals surface area contributed by atoms with Crippen LogP contribution in [-0.2, 0) is 12.6 Å². The van der Waals surface area contributed by atoms with E-state index in [0.717, 1.165) is 22.8 Å². The largest absolute Gasteiger partial charge is 0.419 e. The van der Waals surface area contributed by atoms with Crippen LogP contribution in [0, 0.1) is 12.7 Å². The van der Waals surface area contributed by atoms with Crippen LogP contribution in [0.1, 0.15) is 27.9 Å². The van der Waals surface area contributed by atoms with Crippen LogP contribution in [-0.4, -0.2) is 4.98 Å². The molecular weight excluding hydrogens is 292 g/mol. The Morgan fingerprint density at radius 2 is 2.05 bits per heavy atom. The van der Waals surface area contributed by atoms with E-state index in [1.807, 2.05) is 12.3 Å². The van der Waals surface area contributed by atoms with Crippen molar-refractivity contribution in [3.8, 4) is 0 Å². The number of benzene rings is 1. The molecular formula is C13H12F4N2S. The Kier molecular flexibility index (Phi) is 4.10. The second kappa shape index (κ2) is 5.49. The van der Waals surface area contributed by atoms with Gasteiger partial charge in [-0.05, 0) is 24.6 Å². The van der Waals surface area contributed by atoms with Gasteiger partial charge in [0, 0.05) is 23.5 Å². The lowest BCUT2D eigenvalue weighted by atomic mass is 10.0. The van der Waals surface area contributed by atoms with Gasteiger partial charge in [0.2, 0.25) is 0 Å². The van der Waals surface area contributed by atoms with E-state index in [4.69, 9.17) is 5.73 Å². The van der Waals surface area contributed by atoms with Gasteiger partial charge in [-0.2, -0.15) is 13.2 Å². The highest BCUT2D eigenvalue weighted by Gasteiger charge is 2.34. The standard InChI is InChI=1S/C13H12F4N2S/c1-7-6-20-12(19-7)5-11(18)8-2-3-10(14)9(4-8)13(15,16)17/h2-4,6,11H,5,18H2,1H3. The summed E-state index contributed by atoms with van der Waals surface area (Å²) in [5.74, 6) is -1.29. The number of aryl methyl sites for hydroxylation is 1. The number of thiazole rings is 1. The summed E-state index contributed by atoms with van der Waals surface area (Å²) in [6, 6.07) is 2.18. The average Bonchev–Trinajstić information content (AvgIpc) is 2.73. The zero-order valence-electron chi connectivity index (χ0n) is 10.5. The lowest BCUT2D eigenvalue weighted by Crippen LogP contribution is -2.16. The summed E-state index contributed by atoms with van der Waals surface area (Å²) >= 11 is 1.40. The number of halogens is 4. The van der Waals surface area contributed by atoms with Crippen LogP contribution in [0.5, 0.6) is 0 Å². The number of hydrogen-bond acceptors (Lipinski definition) is 3. The molecule has 0 spiro atoms. The molecule has 2 rings (SSSR count). The maximum Gasteiger partial charge on any atom is 0.419 e. The van der Waals surface area contributed by atoms with Crippen molar-refractivity contribution in [3.05, 3.63) is 51.2 Å². The van der Waals surface area contributed by atoms with Crippen LogP contribution in [0.25, 0.3) is 0 Å². The van der Waals surface area contributed by atoms with Crippen LogP contribution >= 0.6 is 11.3 Å². The molecule has 2 N–H and O–H groups in total. The summed E-state index contributed by atoms with van der Waals surface area (Å²) in [7, 11) is 0.